The zero-order valence-corrected chi connectivity index (χ0v) is 22.1. The molecule has 0 aliphatic carbocycles. The number of aromatic amines is 1. The Labute approximate surface area is 204 Å². The van der Waals surface area contributed by atoms with Gasteiger partial charge >= 0.3 is 29.2 Å². The summed E-state index contributed by atoms with van der Waals surface area (Å²) in [5, 5.41) is 19.1. The number of aliphatic hydroxyl groups is 2. The first-order valence-electron chi connectivity index (χ1n) is 9.76. The van der Waals surface area contributed by atoms with Gasteiger partial charge in [-0.2, -0.15) is 8.62 Å². The van der Waals surface area contributed by atoms with E-state index in [1.165, 1.54) is 0 Å². The fourth-order valence-electron chi connectivity index (χ4n) is 2.70. The molecule has 1 aromatic heterocycles. The lowest BCUT2D eigenvalue weighted by Crippen LogP contribution is -2.33. The summed E-state index contributed by atoms with van der Waals surface area (Å²) >= 11 is 0. The Morgan fingerprint density at radius 2 is 1.64 bits per heavy atom. The van der Waals surface area contributed by atoms with Gasteiger partial charge in [0.05, 0.1) is 12.7 Å². The van der Waals surface area contributed by atoms with Gasteiger partial charge in [-0.1, -0.05) is 11.8 Å². The first kappa shape index (κ1) is 30.8. The molecular formula is C16H25N2O15P3. The third kappa shape index (κ3) is 7.77. The first-order chi connectivity index (χ1) is 16.9. The predicted molar refractivity (Wildman–Crippen MR) is 119 cm³/mol. The molecule has 17 nitrogen and oxygen atoms in total. The van der Waals surface area contributed by atoms with Gasteiger partial charge in [0.1, 0.15) is 24.5 Å². The average Bonchev–Trinajstić information content (AvgIpc) is 3.22. The van der Waals surface area contributed by atoms with E-state index < -0.39 is 66.4 Å². The molecule has 5 atom stereocenters. The minimum atomic E-state index is -4.89. The molecule has 36 heavy (non-hydrogen) atoms. The van der Waals surface area contributed by atoms with Gasteiger partial charge < -0.3 is 14.9 Å². The number of ether oxygens (including phenoxy) is 1. The smallest absolute Gasteiger partial charge is 0.390 e. The lowest BCUT2D eigenvalue weighted by Gasteiger charge is -2.24. The van der Waals surface area contributed by atoms with Crippen LogP contribution in [-0.4, -0.2) is 73.6 Å². The van der Waals surface area contributed by atoms with Gasteiger partial charge in [0.25, 0.3) is 5.56 Å². The monoisotopic (exact) mass is 578 g/mol. The lowest BCUT2D eigenvalue weighted by atomic mass is 10.2. The van der Waals surface area contributed by atoms with Gasteiger partial charge in [0.2, 0.25) is 0 Å². The summed E-state index contributed by atoms with van der Waals surface area (Å²) in [4.78, 5) is 26.1. The second-order valence-electron chi connectivity index (χ2n) is 6.63. The Kier molecular flexibility index (Phi) is 11.0. The number of hydrogen-bond donors (Lipinski definition) is 3. The SMILES string of the molecule is COP(=O)(OC)OP(=O)(OC)OP(=O)(OC)OC[C@H]1O[C@@H](n2cc(C#CCO)c(=O)[nH]c2=O)CC1O. The summed E-state index contributed by atoms with van der Waals surface area (Å²) in [6, 6.07) is 0. The Hall–Kier alpha value is -1.47. The molecule has 1 aliphatic heterocycles. The van der Waals surface area contributed by atoms with Gasteiger partial charge in [-0.15, -0.1) is 0 Å². The lowest BCUT2D eigenvalue weighted by molar-refractivity contribution is -0.0457. The maximum atomic E-state index is 12.8. The third-order valence-electron chi connectivity index (χ3n) is 4.48. The van der Waals surface area contributed by atoms with Crippen LogP contribution in [0.2, 0.25) is 0 Å². The van der Waals surface area contributed by atoms with E-state index in [9.17, 15) is 28.4 Å². The minimum absolute atomic E-state index is 0.140. The minimum Gasteiger partial charge on any atom is -0.390 e. The van der Waals surface area contributed by atoms with E-state index >= 15 is 0 Å². The van der Waals surface area contributed by atoms with Crippen LogP contribution in [0.4, 0.5) is 0 Å². The highest BCUT2D eigenvalue weighted by Gasteiger charge is 2.46. The van der Waals surface area contributed by atoms with Crippen LogP contribution in [0.3, 0.4) is 0 Å². The van der Waals surface area contributed by atoms with E-state index in [1.807, 2.05) is 4.98 Å². The predicted octanol–water partition coefficient (Wildman–Crippen LogP) is 0.488. The van der Waals surface area contributed by atoms with Crippen LogP contribution in [-0.2, 0) is 49.7 Å². The van der Waals surface area contributed by atoms with Crippen molar-refractivity contribution < 1.29 is 59.9 Å². The van der Waals surface area contributed by atoms with E-state index in [0.29, 0.717) is 0 Å². The molecule has 20 heteroatoms. The fourth-order valence-corrected chi connectivity index (χ4v) is 7.15. The Morgan fingerprint density at radius 1 is 1.06 bits per heavy atom. The highest BCUT2D eigenvalue weighted by atomic mass is 31.3. The van der Waals surface area contributed by atoms with Crippen LogP contribution in [0.5, 0.6) is 0 Å². The molecule has 0 radical (unpaired) electrons. The molecule has 2 rings (SSSR count). The number of rotatable bonds is 12. The van der Waals surface area contributed by atoms with Crippen molar-refractivity contribution in [3.05, 3.63) is 32.6 Å². The molecule has 204 valence electrons. The number of aromatic nitrogens is 2. The molecule has 1 aromatic rings. The van der Waals surface area contributed by atoms with Crippen LogP contribution in [0.1, 0.15) is 18.2 Å². The Morgan fingerprint density at radius 3 is 2.19 bits per heavy atom. The Balaban J connectivity index is 2.16. The second kappa shape index (κ2) is 12.9. The largest absolute Gasteiger partial charge is 0.492 e. The maximum absolute atomic E-state index is 12.8. The van der Waals surface area contributed by atoms with Gasteiger partial charge in [0.15, 0.2) is 0 Å². The molecule has 0 spiro atoms. The van der Waals surface area contributed by atoms with Crippen molar-refractivity contribution in [2.24, 2.45) is 0 Å². The molecule has 0 aromatic carbocycles. The average molecular weight is 578 g/mol. The van der Waals surface area contributed by atoms with E-state index in [4.69, 9.17) is 18.7 Å². The van der Waals surface area contributed by atoms with Crippen LogP contribution < -0.4 is 11.2 Å². The van der Waals surface area contributed by atoms with Crippen LogP contribution in [0.25, 0.3) is 0 Å². The molecule has 0 bridgehead atoms. The van der Waals surface area contributed by atoms with E-state index in [1.54, 1.807) is 0 Å². The van der Waals surface area contributed by atoms with Gasteiger partial charge in [-0.3, -0.25) is 37.0 Å². The van der Waals surface area contributed by atoms with Gasteiger partial charge in [0, 0.05) is 41.1 Å². The molecule has 0 amide bonds. The fraction of sp³-hybridized carbons (Fsp3) is 0.625. The first-order valence-corrected chi connectivity index (χ1v) is 14.1. The number of phosphoric acid groups is 3. The molecule has 3 unspecified atom stereocenters. The number of phosphoric ester groups is 2. The molecule has 1 aliphatic rings. The Bertz CT molecular complexity index is 1230. The highest BCUT2D eigenvalue weighted by molar-refractivity contribution is 7.67. The molecule has 0 saturated carbocycles. The molecule has 2 heterocycles. The normalized spacial score (nSPS) is 23.4. The number of nitrogens with zero attached hydrogens (tertiary/aromatic N) is 1. The summed E-state index contributed by atoms with van der Waals surface area (Å²) < 4.78 is 76.7. The van der Waals surface area contributed by atoms with Crippen molar-refractivity contribution >= 4 is 23.5 Å². The maximum Gasteiger partial charge on any atom is 0.492 e. The standard InChI is InChI=1S/C16H25N2O15P3/c1-26-34(23,27-2)32-36(25,29-4)33-35(24,28-3)30-10-13-12(20)8-14(31-13)18-9-11(6-5-7-19)15(21)17-16(18)22/h9,12-14,19-20H,7-8,10H2,1-4H3,(H,17,21,22)/t12?,13-,14-,35?,36?/m1/s1. The summed E-state index contributed by atoms with van der Waals surface area (Å²) in [5.41, 5.74) is -1.79. The molecule has 3 N–H and O–H groups in total. The number of nitrogens with one attached hydrogen (secondary N) is 1. The molecule has 1 fully saturated rings. The summed E-state index contributed by atoms with van der Waals surface area (Å²) in [5.74, 6) is 4.65. The number of hydrogen-bond acceptors (Lipinski definition) is 15. The van der Waals surface area contributed by atoms with Crippen molar-refractivity contribution in [2.45, 2.75) is 24.9 Å². The van der Waals surface area contributed by atoms with Crippen molar-refractivity contribution in [3.63, 3.8) is 0 Å². The van der Waals surface area contributed by atoms with Gasteiger partial charge in [-0.05, 0) is 0 Å². The van der Waals surface area contributed by atoms with Crippen molar-refractivity contribution in [3.8, 4) is 11.8 Å². The van der Waals surface area contributed by atoms with E-state index in [2.05, 4.69) is 34.2 Å². The summed E-state index contributed by atoms with van der Waals surface area (Å²) in [7, 11) is -10.5. The van der Waals surface area contributed by atoms with Crippen LogP contribution >= 0.6 is 23.5 Å². The highest BCUT2D eigenvalue weighted by Crippen LogP contribution is 2.72. The topological polar surface area (TPSA) is 220 Å². The van der Waals surface area contributed by atoms with Crippen molar-refractivity contribution in [1.29, 1.82) is 0 Å². The van der Waals surface area contributed by atoms with E-state index in [0.717, 1.165) is 39.2 Å². The van der Waals surface area contributed by atoms with Crippen LogP contribution in [0, 0.1) is 11.8 Å². The zero-order valence-electron chi connectivity index (χ0n) is 19.4. The summed E-state index contributed by atoms with van der Waals surface area (Å²) in [6.07, 6.45) is -2.64. The zero-order chi connectivity index (χ0) is 27.1. The number of aliphatic hydroxyl groups excluding tert-OH is 2. The third-order valence-corrected chi connectivity index (χ3v) is 9.93. The van der Waals surface area contributed by atoms with Gasteiger partial charge in [-0.25, -0.2) is 18.5 Å². The second-order valence-corrected chi connectivity index (χ2v) is 12.3. The summed E-state index contributed by atoms with van der Waals surface area (Å²) in [6.45, 7) is -1.19. The quantitative estimate of drug-likeness (QED) is 0.227. The van der Waals surface area contributed by atoms with Crippen molar-refractivity contribution in [1.82, 2.24) is 9.55 Å². The van der Waals surface area contributed by atoms with Crippen LogP contribution in [0.15, 0.2) is 15.8 Å². The van der Waals surface area contributed by atoms with E-state index in [-0.39, 0.29) is 12.0 Å². The van der Waals surface area contributed by atoms with Crippen molar-refractivity contribution in [2.75, 3.05) is 41.7 Å². The molecule has 1 saturated heterocycles. The molecular weight excluding hydrogens is 553 g/mol. The number of H-pyrrole nitrogens is 1.